The Balaban J connectivity index is 2.01. The quantitative estimate of drug-likeness (QED) is 0.524. The van der Waals surface area contributed by atoms with E-state index in [1.54, 1.807) is 0 Å². The smallest absolute Gasteiger partial charge is 0.122 e. The van der Waals surface area contributed by atoms with E-state index in [1.807, 2.05) is 24.3 Å². The molecule has 14 heavy (non-hydrogen) atoms. The zero-order chi connectivity index (χ0) is 9.80. The molecule has 1 aliphatic rings. The van der Waals surface area contributed by atoms with Crippen LogP contribution in [0.15, 0.2) is 36.9 Å². The fourth-order valence-corrected chi connectivity index (χ4v) is 1.32. The summed E-state index contributed by atoms with van der Waals surface area (Å²) in [5, 5.41) is 0. The van der Waals surface area contributed by atoms with E-state index in [9.17, 15) is 0 Å². The fraction of sp³-hybridized carbons (Fsp3) is 0.333. The normalized spacial score (nSPS) is 19.0. The first-order valence-corrected chi connectivity index (χ1v) is 4.83. The first-order chi connectivity index (χ1) is 6.90. The summed E-state index contributed by atoms with van der Waals surface area (Å²) in [7, 11) is 0. The SMILES string of the molecule is C=CCc1ccccc1OCC1CO1. The van der Waals surface area contributed by atoms with Crippen LogP contribution in [-0.2, 0) is 11.2 Å². The van der Waals surface area contributed by atoms with E-state index >= 15 is 0 Å². The zero-order valence-electron chi connectivity index (χ0n) is 8.11. The summed E-state index contributed by atoms with van der Waals surface area (Å²) >= 11 is 0. The van der Waals surface area contributed by atoms with Gasteiger partial charge < -0.3 is 9.47 Å². The predicted octanol–water partition coefficient (Wildman–Crippen LogP) is 2.19. The second-order valence-corrected chi connectivity index (χ2v) is 3.37. The molecule has 2 rings (SSSR count). The Labute approximate surface area is 84.2 Å². The van der Waals surface area contributed by atoms with Crippen molar-refractivity contribution in [3.63, 3.8) is 0 Å². The van der Waals surface area contributed by atoms with Gasteiger partial charge in [-0.2, -0.15) is 0 Å². The van der Waals surface area contributed by atoms with Crippen LogP contribution in [0.1, 0.15) is 5.56 Å². The van der Waals surface area contributed by atoms with Gasteiger partial charge in [-0.05, 0) is 18.1 Å². The molecule has 0 aliphatic carbocycles. The van der Waals surface area contributed by atoms with Crippen LogP contribution >= 0.6 is 0 Å². The monoisotopic (exact) mass is 190 g/mol. The lowest BCUT2D eigenvalue weighted by molar-refractivity contribution is 0.261. The van der Waals surface area contributed by atoms with Crippen molar-refractivity contribution in [2.24, 2.45) is 0 Å². The van der Waals surface area contributed by atoms with Gasteiger partial charge in [0.2, 0.25) is 0 Å². The van der Waals surface area contributed by atoms with Crippen LogP contribution in [0.4, 0.5) is 0 Å². The van der Waals surface area contributed by atoms with Crippen LogP contribution < -0.4 is 4.74 Å². The summed E-state index contributed by atoms with van der Waals surface area (Å²) < 4.78 is 10.7. The van der Waals surface area contributed by atoms with Gasteiger partial charge in [-0.3, -0.25) is 0 Å². The van der Waals surface area contributed by atoms with Crippen molar-refractivity contribution in [1.82, 2.24) is 0 Å². The number of para-hydroxylation sites is 1. The van der Waals surface area contributed by atoms with Crippen molar-refractivity contribution in [1.29, 1.82) is 0 Å². The van der Waals surface area contributed by atoms with Crippen LogP contribution in [-0.4, -0.2) is 19.3 Å². The Morgan fingerprint density at radius 3 is 3.00 bits per heavy atom. The van der Waals surface area contributed by atoms with Crippen molar-refractivity contribution in [3.05, 3.63) is 42.5 Å². The molecule has 1 aromatic carbocycles. The molecule has 0 spiro atoms. The summed E-state index contributed by atoms with van der Waals surface area (Å²) in [4.78, 5) is 0. The number of benzene rings is 1. The molecule has 0 N–H and O–H groups in total. The Kier molecular flexibility index (Phi) is 2.84. The van der Waals surface area contributed by atoms with Crippen molar-refractivity contribution in [2.75, 3.05) is 13.2 Å². The van der Waals surface area contributed by atoms with E-state index < -0.39 is 0 Å². The van der Waals surface area contributed by atoms with Gasteiger partial charge in [-0.15, -0.1) is 6.58 Å². The number of rotatable bonds is 5. The molecule has 0 saturated carbocycles. The first-order valence-electron chi connectivity index (χ1n) is 4.83. The molecular formula is C12H14O2. The minimum atomic E-state index is 0.312. The number of ether oxygens (including phenoxy) is 2. The van der Waals surface area contributed by atoms with Gasteiger partial charge in [0.05, 0.1) is 6.61 Å². The van der Waals surface area contributed by atoms with Gasteiger partial charge >= 0.3 is 0 Å². The molecule has 0 aromatic heterocycles. The van der Waals surface area contributed by atoms with Crippen LogP contribution in [0.3, 0.4) is 0 Å². The maximum atomic E-state index is 5.64. The lowest BCUT2D eigenvalue weighted by Crippen LogP contribution is -2.05. The van der Waals surface area contributed by atoms with Gasteiger partial charge in [-0.25, -0.2) is 0 Å². The van der Waals surface area contributed by atoms with Gasteiger partial charge in [0.25, 0.3) is 0 Å². The summed E-state index contributed by atoms with van der Waals surface area (Å²) in [6.07, 6.45) is 3.05. The summed E-state index contributed by atoms with van der Waals surface area (Å²) in [6, 6.07) is 8.04. The molecule has 1 saturated heterocycles. The van der Waals surface area contributed by atoms with E-state index in [1.165, 1.54) is 5.56 Å². The largest absolute Gasteiger partial charge is 0.490 e. The highest BCUT2D eigenvalue weighted by Gasteiger charge is 2.23. The zero-order valence-corrected chi connectivity index (χ0v) is 8.11. The Hall–Kier alpha value is -1.28. The molecule has 1 unspecified atom stereocenters. The van der Waals surface area contributed by atoms with Crippen molar-refractivity contribution in [2.45, 2.75) is 12.5 Å². The van der Waals surface area contributed by atoms with E-state index in [2.05, 4.69) is 12.6 Å². The van der Waals surface area contributed by atoms with Gasteiger partial charge in [-0.1, -0.05) is 24.3 Å². The second kappa shape index (κ2) is 4.29. The number of hydrogen-bond acceptors (Lipinski definition) is 2. The summed E-state index contributed by atoms with van der Waals surface area (Å²) in [5.74, 6) is 0.947. The topological polar surface area (TPSA) is 21.8 Å². The summed E-state index contributed by atoms with van der Waals surface area (Å²) in [6.45, 7) is 5.22. The van der Waals surface area contributed by atoms with E-state index in [0.717, 1.165) is 18.8 Å². The third-order valence-electron chi connectivity index (χ3n) is 2.16. The van der Waals surface area contributed by atoms with Crippen LogP contribution in [0.5, 0.6) is 5.75 Å². The molecule has 1 atom stereocenters. The number of allylic oxidation sites excluding steroid dienone is 1. The fourth-order valence-electron chi connectivity index (χ4n) is 1.32. The third kappa shape index (κ3) is 2.36. The molecule has 74 valence electrons. The molecule has 0 bridgehead atoms. The number of epoxide rings is 1. The Morgan fingerprint density at radius 1 is 1.50 bits per heavy atom. The molecule has 0 radical (unpaired) electrons. The predicted molar refractivity (Wildman–Crippen MR) is 55.6 cm³/mol. The van der Waals surface area contributed by atoms with Crippen molar-refractivity contribution < 1.29 is 9.47 Å². The molecule has 0 amide bonds. The average molecular weight is 190 g/mol. The van der Waals surface area contributed by atoms with Gasteiger partial charge in [0.15, 0.2) is 0 Å². The lowest BCUT2D eigenvalue weighted by Gasteiger charge is -2.08. The molecule has 1 fully saturated rings. The summed E-state index contributed by atoms with van der Waals surface area (Å²) in [5.41, 5.74) is 1.18. The van der Waals surface area contributed by atoms with Crippen molar-refractivity contribution >= 4 is 0 Å². The van der Waals surface area contributed by atoms with Crippen LogP contribution in [0.2, 0.25) is 0 Å². The van der Waals surface area contributed by atoms with E-state index in [0.29, 0.717) is 12.7 Å². The highest BCUT2D eigenvalue weighted by atomic mass is 16.6. The van der Waals surface area contributed by atoms with Crippen LogP contribution in [0, 0.1) is 0 Å². The Morgan fingerprint density at radius 2 is 2.29 bits per heavy atom. The molecule has 1 aliphatic heterocycles. The molecule has 1 aromatic rings. The maximum absolute atomic E-state index is 5.64. The maximum Gasteiger partial charge on any atom is 0.122 e. The minimum Gasteiger partial charge on any atom is -0.490 e. The van der Waals surface area contributed by atoms with Gasteiger partial charge in [0.1, 0.15) is 18.5 Å². The third-order valence-corrected chi connectivity index (χ3v) is 2.16. The molecule has 2 heteroatoms. The molecule has 1 heterocycles. The van der Waals surface area contributed by atoms with Crippen LogP contribution in [0.25, 0.3) is 0 Å². The average Bonchev–Trinajstić information content (AvgIpc) is 3.01. The van der Waals surface area contributed by atoms with E-state index in [-0.39, 0.29) is 0 Å². The van der Waals surface area contributed by atoms with Crippen molar-refractivity contribution in [3.8, 4) is 5.75 Å². The lowest BCUT2D eigenvalue weighted by atomic mass is 10.1. The minimum absolute atomic E-state index is 0.312. The second-order valence-electron chi connectivity index (χ2n) is 3.37. The van der Waals surface area contributed by atoms with E-state index in [4.69, 9.17) is 9.47 Å². The van der Waals surface area contributed by atoms with Gasteiger partial charge in [0, 0.05) is 0 Å². The highest BCUT2D eigenvalue weighted by Crippen LogP contribution is 2.20. The number of hydrogen-bond donors (Lipinski definition) is 0. The Bertz CT molecular complexity index is 316. The first kappa shape index (κ1) is 9.28. The molecule has 2 nitrogen and oxygen atoms in total. The standard InChI is InChI=1S/C12H14O2/c1-2-5-10-6-3-4-7-12(10)14-9-11-8-13-11/h2-4,6-7,11H,1,5,8-9H2. The molecular weight excluding hydrogens is 176 g/mol. The highest BCUT2D eigenvalue weighted by molar-refractivity contribution is 5.34.